The zero-order chi connectivity index (χ0) is 15.8. The maximum atomic E-state index is 11.5. The zero-order valence-electron chi connectivity index (χ0n) is 12.6. The molecule has 0 radical (unpaired) electrons. The summed E-state index contributed by atoms with van der Waals surface area (Å²) in [6, 6.07) is 7.12. The lowest BCUT2D eigenvalue weighted by Gasteiger charge is -2.28. The highest BCUT2D eigenvalue weighted by Gasteiger charge is 2.25. The quantitative estimate of drug-likeness (QED) is 0.731. The van der Waals surface area contributed by atoms with Crippen molar-refractivity contribution in [2.24, 2.45) is 0 Å². The highest BCUT2D eigenvalue weighted by atomic mass is 16.4. The van der Waals surface area contributed by atoms with Gasteiger partial charge >= 0.3 is 11.9 Å². The van der Waals surface area contributed by atoms with E-state index in [0.29, 0.717) is 13.0 Å². The summed E-state index contributed by atoms with van der Waals surface area (Å²) in [6.07, 6.45) is 1.20. The molecule has 1 aromatic rings. The lowest BCUT2D eigenvalue weighted by molar-refractivity contribution is -0.145. The molecule has 1 aromatic carbocycles. The highest BCUT2D eigenvalue weighted by molar-refractivity contribution is 5.73. The third-order valence-corrected chi connectivity index (χ3v) is 3.54. The Balaban J connectivity index is 2.92. The molecule has 0 aliphatic heterocycles. The van der Waals surface area contributed by atoms with Gasteiger partial charge in [-0.1, -0.05) is 37.6 Å². The van der Waals surface area contributed by atoms with Crippen LogP contribution in [-0.4, -0.2) is 39.6 Å². The molecule has 21 heavy (non-hydrogen) atoms. The van der Waals surface area contributed by atoms with Gasteiger partial charge in [0.05, 0.1) is 6.42 Å². The van der Waals surface area contributed by atoms with Crippen LogP contribution in [0.15, 0.2) is 24.3 Å². The predicted molar refractivity (Wildman–Crippen MR) is 80.2 cm³/mol. The fraction of sp³-hybridized carbons (Fsp3) is 0.500. The van der Waals surface area contributed by atoms with E-state index in [1.165, 1.54) is 0 Å². The maximum Gasteiger partial charge on any atom is 0.320 e. The number of carboxylic acids is 2. The van der Waals surface area contributed by atoms with Crippen LogP contribution in [0.4, 0.5) is 0 Å². The second-order valence-corrected chi connectivity index (χ2v) is 5.18. The average molecular weight is 293 g/mol. The Morgan fingerprint density at radius 1 is 1.24 bits per heavy atom. The standard InChI is InChI=1S/C16H23NO4/c1-3-6-14(16(20)21)17(10-9-15(18)19)11-13-8-5-4-7-12(13)2/h4-5,7-8,14H,3,6,9-11H2,1-2H3,(H,18,19)(H,20,21). The Hall–Kier alpha value is -1.88. The van der Waals surface area contributed by atoms with E-state index in [1.807, 2.05) is 38.1 Å². The number of carboxylic acid groups (broad SMARTS) is 2. The summed E-state index contributed by atoms with van der Waals surface area (Å²) in [5.41, 5.74) is 2.11. The second-order valence-electron chi connectivity index (χ2n) is 5.18. The van der Waals surface area contributed by atoms with Gasteiger partial charge in [0.15, 0.2) is 0 Å². The van der Waals surface area contributed by atoms with Crippen molar-refractivity contribution in [3.8, 4) is 0 Å². The lowest BCUT2D eigenvalue weighted by Crippen LogP contribution is -2.42. The molecule has 1 atom stereocenters. The van der Waals surface area contributed by atoms with Crippen molar-refractivity contribution in [1.29, 1.82) is 0 Å². The summed E-state index contributed by atoms with van der Waals surface area (Å²) >= 11 is 0. The topological polar surface area (TPSA) is 77.8 Å². The summed E-state index contributed by atoms with van der Waals surface area (Å²) in [5.74, 6) is -1.80. The fourth-order valence-corrected chi connectivity index (χ4v) is 2.33. The average Bonchev–Trinajstić information content (AvgIpc) is 2.42. The van der Waals surface area contributed by atoms with Gasteiger partial charge in [0.25, 0.3) is 0 Å². The first kappa shape index (κ1) is 17.2. The van der Waals surface area contributed by atoms with Crippen LogP contribution >= 0.6 is 0 Å². The summed E-state index contributed by atoms with van der Waals surface area (Å²) in [7, 11) is 0. The maximum absolute atomic E-state index is 11.5. The van der Waals surface area contributed by atoms with Crippen LogP contribution in [0.3, 0.4) is 0 Å². The molecule has 0 aliphatic carbocycles. The normalized spacial score (nSPS) is 12.3. The van der Waals surface area contributed by atoms with Gasteiger partial charge < -0.3 is 10.2 Å². The van der Waals surface area contributed by atoms with Gasteiger partial charge in [0, 0.05) is 13.1 Å². The minimum Gasteiger partial charge on any atom is -0.481 e. The molecule has 1 rings (SSSR count). The number of nitrogens with zero attached hydrogens (tertiary/aromatic N) is 1. The number of hydrogen-bond donors (Lipinski definition) is 2. The number of hydrogen-bond acceptors (Lipinski definition) is 3. The van der Waals surface area contributed by atoms with Crippen molar-refractivity contribution in [2.45, 2.75) is 45.7 Å². The Morgan fingerprint density at radius 2 is 1.90 bits per heavy atom. The highest BCUT2D eigenvalue weighted by Crippen LogP contribution is 2.16. The summed E-state index contributed by atoms with van der Waals surface area (Å²) in [4.78, 5) is 24.0. The minimum absolute atomic E-state index is 0.0562. The molecule has 0 amide bonds. The molecule has 0 aliphatic rings. The predicted octanol–water partition coefficient (Wildman–Crippen LogP) is 2.53. The minimum atomic E-state index is -0.912. The van der Waals surface area contributed by atoms with E-state index in [0.717, 1.165) is 17.5 Å². The van der Waals surface area contributed by atoms with Crippen molar-refractivity contribution in [1.82, 2.24) is 4.90 Å². The van der Waals surface area contributed by atoms with Gasteiger partial charge in [-0.15, -0.1) is 0 Å². The Labute approximate surface area is 125 Å². The second kappa shape index (κ2) is 8.42. The number of rotatable bonds is 9. The van der Waals surface area contributed by atoms with Crippen molar-refractivity contribution in [3.63, 3.8) is 0 Å². The molecule has 5 heteroatoms. The van der Waals surface area contributed by atoms with Gasteiger partial charge in [0.1, 0.15) is 6.04 Å². The SMILES string of the molecule is CCCC(C(=O)O)N(CCC(=O)O)Cc1ccccc1C. The summed E-state index contributed by atoms with van der Waals surface area (Å²) in [6.45, 7) is 4.59. The zero-order valence-corrected chi connectivity index (χ0v) is 12.6. The van der Waals surface area contributed by atoms with E-state index in [9.17, 15) is 14.7 Å². The first-order valence-corrected chi connectivity index (χ1v) is 7.18. The molecule has 116 valence electrons. The van der Waals surface area contributed by atoms with E-state index in [2.05, 4.69) is 0 Å². The van der Waals surface area contributed by atoms with Crippen molar-refractivity contribution in [3.05, 3.63) is 35.4 Å². The Bertz CT molecular complexity index is 487. The van der Waals surface area contributed by atoms with E-state index >= 15 is 0 Å². The lowest BCUT2D eigenvalue weighted by atomic mass is 10.1. The van der Waals surface area contributed by atoms with Gasteiger partial charge in [0.2, 0.25) is 0 Å². The molecule has 2 N–H and O–H groups in total. The van der Waals surface area contributed by atoms with Gasteiger partial charge in [-0.3, -0.25) is 14.5 Å². The van der Waals surface area contributed by atoms with Crippen molar-refractivity contribution in [2.75, 3.05) is 6.54 Å². The monoisotopic (exact) mass is 293 g/mol. The molecular weight excluding hydrogens is 270 g/mol. The molecule has 0 heterocycles. The first-order valence-electron chi connectivity index (χ1n) is 7.18. The first-order chi connectivity index (χ1) is 9.95. The molecule has 0 aromatic heterocycles. The van der Waals surface area contributed by atoms with Gasteiger partial charge in [-0.05, 0) is 24.5 Å². The van der Waals surface area contributed by atoms with Crippen LogP contribution < -0.4 is 0 Å². The molecule has 5 nitrogen and oxygen atoms in total. The molecule has 0 saturated heterocycles. The Kier molecular flexibility index (Phi) is 6.88. The summed E-state index contributed by atoms with van der Waals surface area (Å²) < 4.78 is 0. The number of carbonyl (C=O) groups is 2. The number of aryl methyl sites for hydroxylation is 1. The Morgan fingerprint density at radius 3 is 2.43 bits per heavy atom. The van der Waals surface area contributed by atoms with Crippen molar-refractivity contribution >= 4 is 11.9 Å². The van der Waals surface area contributed by atoms with Crippen LogP contribution in [0.5, 0.6) is 0 Å². The van der Waals surface area contributed by atoms with Gasteiger partial charge in [-0.25, -0.2) is 0 Å². The molecule has 0 bridgehead atoms. The largest absolute Gasteiger partial charge is 0.481 e. The number of benzene rings is 1. The fourth-order valence-electron chi connectivity index (χ4n) is 2.33. The van der Waals surface area contributed by atoms with E-state index in [-0.39, 0.29) is 13.0 Å². The molecule has 0 spiro atoms. The van der Waals surface area contributed by atoms with Crippen LogP contribution in [0.1, 0.15) is 37.3 Å². The third-order valence-electron chi connectivity index (χ3n) is 3.54. The summed E-state index contributed by atoms with van der Waals surface area (Å²) in [5, 5.41) is 18.3. The van der Waals surface area contributed by atoms with Crippen LogP contribution in [0, 0.1) is 6.92 Å². The van der Waals surface area contributed by atoms with Crippen LogP contribution in [0.25, 0.3) is 0 Å². The molecule has 1 unspecified atom stereocenters. The van der Waals surface area contributed by atoms with Gasteiger partial charge in [-0.2, -0.15) is 0 Å². The van der Waals surface area contributed by atoms with Crippen LogP contribution in [-0.2, 0) is 16.1 Å². The smallest absolute Gasteiger partial charge is 0.320 e. The van der Waals surface area contributed by atoms with Crippen molar-refractivity contribution < 1.29 is 19.8 Å². The third kappa shape index (κ3) is 5.55. The van der Waals surface area contributed by atoms with E-state index in [1.54, 1.807) is 4.90 Å². The molecule has 0 saturated carbocycles. The number of aliphatic carboxylic acids is 2. The molecular formula is C16H23NO4. The van der Waals surface area contributed by atoms with Crippen LogP contribution in [0.2, 0.25) is 0 Å². The molecule has 0 fully saturated rings. The van der Waals surface area contributed by atoms with E-state index < -0.39 is 18.0 Å². The van der Waals surface area contributed by atoms with E-state index in [4.69, 9.17) is 5.11 Å².